The quantitative estimate of drug-likeness (QED) is 0.927. The largest absolute Gasteiger partial charge is 0.341 e. The highest BCUT2D eigenvalue weighted by atomic mass is 16.2. The lowest BCUT2D eigenvalue weighted by Gasteiger charge is -2.25. The second-order valence-corrected chi connectivity index (χ2v) is 5.67. The second-order valence-electron chi connectivity index (χ2n) is 5.67. The minimum absolute atomic E-state index is 0.132. The highest BCUT2D eigenvalue weighted by Crippen LogP contribution is 2.25. The third-order valence-corrected chi connectivity index (χ3v) is 4.16. The first kappa shape index (κ1) is 14.5. The van der Waals surface area contributed by atoms with Crippen molar-refractivity contribution in [3.63, 3.8) is 0 Å². The van der Waals surface area contributed by atoms with E-state index in [-0.39, 0.29) is 5.91 Å². The van der Waals surface area contributed by atoms with E-state index >= 15 is 0 Å². The Balaban J connectivity index is 1.87. The van der Waals surface area contributed by atoms with Crippen molar-refractivity contribution in [2.75, 3.05) is 13.1 Å². The zero-order valence-electron chi connectivity index (χ0n) is 13.2. The number of aromatic amines is 1. The number of hydrogen-bond donors (Lipinski definition) is 1. The predicted octanol–water partition coefficient (Wildman–Crippen LogP) is 2.72. The van der Waals surface area contributed by atoms with Crippen LogP contribution in [-0.2, 0) is 4.79 Å². The van der Waals surface area contributed by atoms with Gasteiger partial charge in [-0.15, -0.1) is 0 Å². The summed E-state index contributed by atoms with van der Waals surface area (Å²) in [5.41, 5.74) is 5.33. The average molecular weight is 296 g/mol. The third-order valence-electron chi connectivity index (χ3n) is 4.16. The van der Waals surface area contributed by atoms with Gasteiger partial charge in [-0.1, -0.05) is 6.08 Å². The summed E-state index contributed by atoms with van der Waals surface area (Å²) in [6.07, 6.45) is 4.82. The lowest BCUT2D eigenvalue weighted by molar-refractivity contribution is -0.128. The zero-order valence-corrected chi connectivity index (χ0v) is 13.2. The molecule has 1 N–H and O–H groups in total. The van der Waals surface area contributed by atoms with E-state index in [2.05, 4.69) is 27.1 Å². The fourth-order valence-electron chi connectivity index (χ4n) is 2.65. The Morgan fingerprint density at radius 3 is 2.77 bits per heavy atom. The fourth-order valence-corrected chi connectivity index (χ4v) is 2.65. The van der Waals surface area contributed by atoms with Gasteiger partial charge in [0.1, 0.15) is 5.69 Å². The maximum Gasteiger partial charge on any atom is 0.219 e. The zero-order chi connectivity index (χ0) is 15.7. The Bertz CT molecular complexity index is 725. The van der Waals surface area contributed by atoms with E-state index in [0.29, 0.717) is 6.54 Å². The van der Waals surface area contributed by atoms with Crippen LogP contribution in [-0.4, -0.2) is 38.8 Å². The minimum Gasteiger partial charge on any atom is -0.341 e. The molecule has 1 aliphatic heterocycles. The van der Waals surface area contributed by atoms with Gasteiger partial charge >= 0.3 is 0 Å². The summed E-state index contributed by atoms with van der Waals surface area (Å²) in [7, 11) is 0. The van der Waals surface area contributed by atoms with Gasteiger partial charge in [-0.25, -0.2) is 4.98 Å². The molecule has 0 aromatic carbocycles. The van der Waals surface area contributed by atoms with Crippen LogP contribution in [0.15, 0.2) is 24.4 Å². The standard InChI is InChI=1S/C17H20N4O/c1-11-12(2)20-17(19-11)16-10-15(4-7-18-16)14-5-8-21(9-6-14)13(3)22/h4-5,7,10H,6,8-9H2,1-3H3,(H,19,20). The molecule has 3 rings (SSSR count). The van der Waals surface area contributed by atoms with Crippen molar-refractivity contribution in [3.8, 4) is 11.5 Å². The molecule has 0 fully saturated rings. The van der Waals surface area contributed by atoms with Gasteiger partial charge in [-0.3, -0.25) is 9.78 Å². The number of aryl methyl sites for hydroxylation is 2. The van der Waals surface area contributed by atoms with Crippen molar-refractivity contribution < 1.29 is 4.79 Å². The van der Waals surface area contributed by atoms with E-state index in [1.807, 2.05) is 31.0 Å². The van der Waals surface area contributed by atoms with Gasteiger partial charge in [0, 0.05) is 31.9 Å². The molecule has 2 aromatic heterocycles. The number of rotatable bonds is 2. The second kappa shape index (κ2) is 5.75. The lowest BCUT2D eigenvalue weighted by atomic mass is 9.99. The van der Waals surface area contributed by atoms with Crippen LogP contribution in [0.3, 0.4) is 0 Å². The van der Waals surface area contributed by atoms with E-state index < -0.39 is 0 Å². The molecule has 114 valence electrons. The summed E-state index contributed by atoms with van der Waals surface area (Å²) in [4.78, 5) is 25.4. The first-order chi connectivity index (χ1) is 10.5. The Morgan fingerprint density at radius 2 is 2.18 bits per heavy atom. The molecule has 0 spiro atoms. The number of imidazole rings is 1. The van der Waals surface area contributed by atoms with Gasteiger partial charge in [0.25, 0.3) is 0 Å². The summed E-state index contributed by atoms with van der Waals surface area (Å²) in [6.45, 7) is 7.07. The highest BCUT2D eigenvalue weighted by molar-refractivity contribution is 5.76. The maximum atomic E-state index is 11.4. The molecule has 0 aliphatic carbocycles. The molecule has 0 unspecified atom stereocenters. The molecule has 1 aliphatic rings. The van der Waals surface area contributed by atoms with Crippen LogP contribution < -0.4 is 0 Å². The Morgan fingerprint density at radius 1 is 1.36 bits per heavy atom. The van der Waals surface area contributed by atoms with E-state index in [1.54, 1.807) is 6.92 Å². The lowest BCUT2D eigenvalue weighted by Crippen LogP contribution is -2.32. The molecule has 2 aromatic rings. The summed E-state index contributed by atoms with van der Waals surface area (Å²) in [5.74, 6) is 0.936. The molecular formula is C17H20N4O. The molecule has 1 amide bonds. The maximum absolute atomic E-state index is 11.4. The first-order valence-corrected chi connectivity index (χ1v) is 7.49. The van der Waals surface area contributed by atoms with Crippen LogP contribution in [0.5, 0.6) is 0 Å². The number of H-pyrrole nitrogens is 1. The average Bonchev–Trinajstić information content (AvgIpc) is 2.87. The minimum atomic E-state index is 0.132. The van der Waals surface area contributed by atoms with Crippen molar-refractivity contribution in [2.24, 2.45) is 0 Å². The van der Waals surface area contributed by atoms with Crippen LogP contribution >= 0.6 is 0 Å². The van der Waals surface area contributed by atoms with Gasteiger partial charge in [0.15, 0.2) is 5.82 Å². The fraction of sp³-hybridized carbons (Fsp3) is 0.353. The van der Waals surface area contributed by atoms with Gasteiger partial charge in [-0.2, -0.15) is 0 Å². The molecule has 0 bridgehead atoms. The van der Waals surface area contributed by atoms with Gasteiger partial charge in [-0.05, 0) is 43.5 Å². The van der Waals surface area contributed by atoms with Crippen molar-refractivity contribution in [1.82, 2.24) is 19.9 Å². The van der Waals surface area contributed by atoms with Crippen LogP contribution in [0.25, 0.3) is 17.1 Å². The van der Waals surface area contributed by atoms with Crippen molar-refractivity contribution in [2.45, 2.75) is 27.2 Å². The van der Waals surface area contributed by atoms with Gasteiger partial charge < -0.3 is 9.88 Å². The molecule has 0 saturated heterocycles. The van der Waals surface area contributed by atoms with Crippen LogP contribution in [0, 0.1) is 13.8 Å². The molecule has 0 saturated carbocycles. The summed E-state index contributed by atoms with van der Waals surface area (Å²) < 4.78 is 0. The molecular weight excluding hydrogens is 276 g/mol. The normalized spacial score (nSPS) is 14.9. The molecule has 0 radical (unpaired) electrons. The number of amides is 1. The van der Waals surface area contributed by atoms with Crippen LogP contribution in [0.1, 0.15) is 30.3 Å². The Kier molecular flexibility index (Phi) is 3.79. The number of aromatic nitrogens is 3. The molecule has 0 atom stereocenters. The molecule has 3 heterocycles. The van der Waals surface area contributed by atoms with E-state index in [0.717, 1.165) is 41.4 Å². The predicted molar refractivity (Wildman–Crippen MR) is 86.1 cm³/mol. The molecule has 5 heteroatoms. The number of nitrogens with zero attached hydrogens (tertiary/aromatic N) is 3. The van der Waals surface area contributed by atoms with E-state index in [4.69, 9.17) is 0 Å². The smallest absolute Gasteiger partial charge is 0.219 e. The summed E-state index contributed by atoms with van der Waals surface area (Å²) in [5, 5.41) is 0. The first-order valence-electron chi connectivity index (χ1n) is 7.49. The number of carbonyl (C=O) groups excluding carboxylic acids is 1. The number of nitrogens with one attached hydrogen (secondary N) is 1. The SMILES string of the molecule is CC(=O)N1CC=C(c2ccnc(-c3nc(C)c(C)[nH]3)c2)CC1. The Labute approximate surface area is 130 Å². The van der Waals surface area contributed by atoms with Gasteiger partial charge in [0.2, 0.25) is 5.91 Å². The van der Waals surface area contributed by atoms with Crippen LogP contribution in [0.2, 0.25) is 0 Å². The van der Waals surface area contributed by atoms with E-state index in [9.17, 15) is 4.79 Å². The Hall–Kier alpha value is -2.43. The molecule has 22 heavy (non-hydrogen) atoms. The van der Waals surface area contributed by atoms with Crippen molar-refractivity contribution in [1.29, 1.82) is 0 Å². The third kappa shape index (κ3) is 2.79. The number of hydrogen-bond acceptors (Lipinski definition) is 3. The van der Waals surface area contributed by atoms with Crippen molar-refractivity contribution in [3.05, 3.63) is 41.4 Å². The summed E-state index contributed by atoms with van der Waals surface area (Å²) >= 11 is 0. The highest BCUT2D eigenvalue weighted by Gasteiger charge is 2.15. The van der Waals surface area contributed by atoms with Gasteiger partial charge in [0.05, 0.1) is 5.69 Å². The van der Waals surface area contributed by atoms with Crippen LogP contribution in [0.4, 0.5) is 0 Å². The monoisotopic (exact) mass is 296 g/mol. The number of carbonyl (C=O) groups is 1. The topological polar surface area (TPSA) is 61.9 Å². The van der Waals surface area contributed by atoms with E-state index in [1.165, 1.54) is 5.57 Å². The molecule has 5 nitrogen and oxygen atoms in total. The van der Waals surface area contributed by atoms with Crippen molar-refractivity contribution >= 4 is 11.5 Å². The summed E-state index contributed by atoms with van der Waals surface area (Å²) in [6, 6.07) is 4.08. The number of pyridine rings is 1.